The number of ether oxygens (including phenoxy) is 1. The monoisotopic (exact) mass is 321 g/mol. The summed E-state index contributed by atoms with van der Waals surface area (Å²) in [5.74, 6) is -1.47. The van der Waals surface area contributed by atoms with Crippen molar-refractivity contribution in [2.45, 2.75) is 32.8 Å². The second-order valence-electron chi connectivity index (χ2n) is 5.47. The van der Waals surface area contributed by atoms with Crippen molar-refractivity contribution in [1.82, 2.24) is 15.5 Å². The summed E-state index contributed by atoms with van der Waals surface area (Å²) < 4.78 is 9.95. The lowest BCUT2D eigenvalue weighted by atomic mass is 10.0. The second-order valence-corrected chi connectivity index (χ2v) is 5.47. The molecule has 0 saturated heterocycles. The number of rotatable bonds is 6. The number of hydrogen-bond acceptors (Lipinski definition) is 6. The Balaban J connectivity index is 2.35. The first-order chi connectivity index (χ1) is 10.8. The molecule has 0 radical (unpaired) electrons. The van der Waals surface area contributed by atoms with Crippen LogP contribution in [0.2, 0.25) is 0 Å². The molecule has 124 valence electrons. The Hall–Kier alpha value is -2.48. The maximum absolute atomic E-state index is 12.5. The van der Waals surface area contributed by atoms with Gasteiger partial charge < -0.3 is 19.7 Å². The number of carbonyl (C=O) groups excluding carboxylic acids is 1. The van der Waals surface area contributed by atoms with Crippen LogP contribution in [0, 0.1) is 6.92 Å². The number of aliphatic carboxylic acids is 1. The van der Waals surface area contributed by atoms with Gasteiger partial charge in [0, 0.05) is 12.8 Å². The molecule has 2 aromatic heterocycles. The molecule has 23 heavy (non-hydrogen) atoms. The summed E-state index contributed by atoms with van der Waals surface area (Å²) in [5.41, 5.74) is 1.90. The van der Waals surface area contributed by atoms with E-state index in [1.54, 1.807) is 13.0 Å². The molecular formula is C15H19N3O5. The number of carboxylic acid groups (broad SMARTS) is 1. The van der Waals surface area contributed by atoms with Crippen LogP contribution in [0.3, 0.4) is 0 Å². The summed E-state index contributed by atoms with van der Waals surface area (Å²) >= 11 is 0. The van der Waals surface area contributed by atoms with Crippen molar-refractivity contribution in [3.8, 4) is 0 Å². The van der Waals surface area contributed by atoms with Crippen molar-refractivity contribution in [2.24, 2.45) is 0 Å². The van der Waals surface area contributed by atoms with E-state index in [-0.39, 0.29) is 12.5 Å². The zero-order valence-electron chi connectivity index (χ0n) is 13.4. The minimum absolute atomic E-state index is 0.0992. The predicted molar refractivity (Wildman–Crippen MR) is 81.4 cm³/mol. The first-order valence-corrected chi connectivity index (χ1v) is 7.15. The molecule has 2 rings (SSSR count). The van der Waals surface area contributed by atoms with E-state index >= 15 is 0 Å². The van der Waals surface area contributed by atoms with Crippen LogP contribution in [-0.2, 0) is 9.53 Å². The second kappa shape index (κ2) is 6.74. The number of hydrogen-bond donors (Lipinski definition) is 2. The molecule has 1 amide bonds. The first kappa shape index (κ1) is 16.9. The third-order valence-corrected chi connectivity index (χ3v) is 3.48. The predicted octanol–water partition coefficient (Wildman–Crippen LogP) is 1.48. The zero-order valence-corrected chi connectivity index (χ0v) is 13.4. The Labute approximate surface area is 132 Å². The van der Waals surface area contributed by atoms with Gasteiger partial charge in [-0.3, -0.25) is 4.79 Å². The van der Waals surface area contributed by atoms with E-state index in [0.29, 0.717) is 28.1 Å². The number of carboxylic acids is 1. The molecule has 0 bridgehead atoms. The van der Waals surface area contributed by atoms with Crippen LogP contribution in [0.1, 0.15) is 41.5 Å². The fourth-order valence-electron chi connectivity index (χ4n) is 2.14. The van der Waals surface area contributed by atoms with E-state index in [1.807, 2.05) is 13.8 Å². The van der Waals surface area contributed by atoms with E-state index in [0.717, 1.165) is 0 Å². The Kier molecular flexibility index (Phi) is 4.95. The quantitative estimate of drug-likeness (QED) is 0.828. The minimum Gasteiger partial charge on any atom is -0.479 e. The summed E-state index contributed by atoms with van der Waals surface area (Å²) in [6.45, 7) is 5.47. The number of fused-ring (bicyclic) bond motifs is 1. The number of methoxy groups -OCH3 is 1. The topological polar surface area (TPSA) is 115 Å². The number of nitrogens with zero attached hydrogens (tertiary/aromatic N) is 2. The van der Waals surface area contributed by atoms with Gasteiger partial charge in [0.2, 0.25) is 0 Å². The van der Waals surface area contributed by atoms with Crippen LogP contribution in [0.5, 0.6) is 0 Å². The molecule has 0 aliphatic carbocycles. The maximum Gasteiger partial charge on any atom is 0.334 e. The van der Waals surface area contributed by atoms with Crippen molar-refractivity contribution >= 4 is 23.0 Å². The fourth-order valence-corrected chi connectivity index (χ4v) is 2.14. The van der Waals surface area contributed by atoms with Gasteiger partial charge in [-0.1, -0.05) is 19.0 Å². The van der Waals surface area contributed by atoms with Gasteiger partial charge >= 0.3 is 5.97 Å². The van der Waals surface area contributed by atoms with Crippen LogP contribution in [0.25, 0.3) is 11.1 Å². The first-order valence-electron chi connectivity index (χ1n) is 7.15. The average molecular weight is 321 g/mol. The van der Waals surface area contributed by atoms with Crippen molar-refractivity contribution < 1.29 is 24.0 Å². The largest absolute Gasteiger partial charge is 0.479 e. The average Bonchev–Trinajstić information content (AvgIpc) is 2.88. The Morgan fingerprint density at radius 1 is 1.43 bits per heavy atom. The van der Waals surface area contributed by atoms with Crippen LogP contribution >= 0.6 is 0 Å². The summed E-state index contributed by atoms with van der Waals surface area (Å²) in [6, 6.07) is 1.68. The molecule has 0 aliphatic rings. The fraction of sp³-hybridized carbons (Fsp3) is 0.467. The lowest BCUT2D eigenvalue weighted by molar-refractivity contribution is -0.148. The van der Waals surface area contributed by atoms with E-state index in [2.05, 4.69) is 15.5 Å². The standard InChI is InChI=1S/C15H19N3O5/c1-7(2)10-5-9(12-8(3)18-23-14(12)17-10)13(19)16-6-11(22-4)15(20)21/h5,7,11H,6H2,1-4H3,(H,16,19)(H,20,21). The third kappa shape index (κ3) is 3.48. The molecule has 0 aliphatic heterocycles. The SMILES string of the molecule is COC(CNC(=O)c1cc(C(C)C)nc2onc(C)c12)C(=O)O. The number of pyridine rings is 1. The van der Waals surface area contributed by atoms with Gasteiger partial charge in [-0.25, -0.2) is 9.78 Å². The lowest BCUT2D eigenvalue weighted by Crippen LogP contribution is -2.38. The molecule has 0 saturated carbocycles. The van der Waals surface area contributed by atoms with E-state index in [9.17, 15) is 9.59 Å². The summed E-state index contributed by atoms with van der Waals surface area (Å²) in [5, 5.41) is 15.9. The molecule has 0 fully saturated rings. The third-order valence-electron chi connectivity index (χ3n) is 3.48. The highest BCUT2D eigenvalue weighted by molar-refractivity contribution is 6.06. The van der Waals surface area contributed by atoms with Crippen molar-refractivity contribution in [2.75, 3.05) is 13.7 Å². The summed E-state index contributed by atoms with van der Waals surface area (Å²) in [4.78, 5) is 27.8. The van der Waals surface area contributed by atoms with E-state index in [1.165, 1.54) is 7.11 Å². The van der Waals surface area contributed by atoms with Gasteiger partial charge in [0.25, 0.3) is 11.6 Å². The molecule has 8 nitrogen and oxygen atoms in total. The van der Waals surface area contributed by atoms with Crippen molar-refractivity contribution in [3.05, 3.63) is 23.0 Å². The number of aryl methyl sites for hydroxylation is 1. The van der Waals surface area contributed by atoms with E-state index in [4.69, 9.17) is 14.4 Å². The summed E-state index contributed by atoms with van der Waals surface area (Å²) in [7, 11) is 1.27. The van der Waals surface area contributed by atoms with Crippen LogP contribution in [0.4, 0.5) is 0 Å². The normalized spacial score (nSPS) is 12.6. The van der Waals surface area contributed by atoms with E-state index < -0.39 is 18.0 Å². The zero-order chi connectivity index (χ0) is 17.1. The highest BCUT2D eigenvalue weighted by Gasteiger charge is 2.22. The van der Waals surface area contributed by atoms with Gasteiger partial charge in [-0.2, -0.15) is 0 Å². The highest BCUT2D eigenvalue weighted by atomic mass is 16.5. The summed E-state index contributed by atoms with van der Waals surface area (Å²) in [6.07, 6.45) is -1.11. The maximum atomic E-state index is 12.5. The van der Waals surface area contributed by atoms with Gasteiger partial charge in [0.05, 0.1) is 23.2 Å². The van der Waals surface area contributed by atoms with Gasteiger partial charge in [-0.05, 0) is 18.9 Å². The molecular weight excluding hydrogens is 302 g/mol. The van der Waals surface area contributed by atoms with Gasteiger partial charge in [0.15, 0.2) is 6.10 Å². The Bertz CT molecular complexity index is 738. The van der Waals surface area contributed by atoms with Crippen LogP contribution in [-0.4, -0.2) is 46.9 Å². The van der Waals surface area contributed by atoms with Gasteiger partial charge in [-0.15, -0.1) is 0 Å². The van der Waals surface area contributed by atoms with Crippen LogP contribution in [0.15, 0.2) is 10.6 Å². The van der Waals surface area contributed by atoms with Gasteiger partial charge in [0.1, 0.15) is 0 Å². The molecule has 1 unspecified atom stereocenters. The molecule has 8 heteroatoms. The number of aromatic nitrogens is 2. The van der Waals surface area contributed by atoms with Crippen molar-refractivity contribution in [1.29, 1.82) is 0 Å². The minimum atomic E-state index is -1.14. The molecule has 0 spiro atoms. The van der Waals surface area contributed by atoms with Crippen molar-refractivity contribution in [3.63, 3.8) is 0 Å². The number of amides is 1. The molecule has 2 heterocycles. The lowest BCUT2D eigenvalue weighted by Gasteiger charge is -2.13. The Morgan fingerprint density at radius 2 is 2.13 bits per heavy atom. The highest BCUT2D eigenvalue weighted by Crippen LogP contribution is 2.25. The molecule has 2 N–H and O–H groups in total. The van der Waals surface area contributed by atoms with Crippen LogP contribution < -0.4 is 5.32 Å². The molecule has 0 aromatic carbocycles. The smallest absolute Gasteiger partial charge is 0.334 e. The number of carbonyl (C=O) groups is 2. The molecule has 2 aromatic rings. The molecule has 1 atom stereocenters. The number of nitrogens with one attached hydrogen (secondary N) is 1. The Morgan fingerprint density at radius 3 is 2.70 bits per heavy atom.